The van der Waals surface area contributed by atoms with E-state index in [0.29, 0.717) is 18.5 Å². The van der Waals surface area contributed by atoms with E-state index in [1.807, 2.05) is 0 Å². The van der Waals surface area contributed by atoms with Crippen LogP contribution in [0.3, 0.4) is 0 Å². The Kier molecular flexibility index (Phi) is 2.89. The Morgan fingerprint density at radius 1 is 1.12 bits per heavy atom. The molecule has 1 amide bonds. The highest BCUT2D eigenvalue weighted by Gasteiger charge is 2.51. The minimum Gasteiger partial charge on any atom is -0.355 e. The van der Waals surface area contributed by atoms with Crippen molar-refractivity contribution in [2.75, 3.05) is 13.1 Å². The summed E-state index contributed by atoms with van der Waals surface area (Å²) in [5.41, 5.74) is 5.79. The van der Waals surface area contributed by atoms with Crippen molar-refractivity contribution in [2.45, 2.75) is 44.9 Å². The third kappa shape index (κ3) is 2.22. The highest BCUT2D eigenvalue weighted by Crippen LogP contribution is 2.61. The maximum Gasteiger partial charge on any atom is 0.220 e. The zero-order chi connectivity index (χ0) is 11.9. The van der Waals surface area contributed by atoms with Crippen molar-refractivity contribution in [1.82, 2.24) is 5.32 Å². The molecule has 4 fully saturated rings. The second kappa shape index (κ2) is 4.27. The van der Waals surface area contributed by atoms with Crippen LogP contribution in [0.25, 0.3) is 0 Å². The fourth-order valence-electron chi connectivity index (χ4n) is 5.12. The van der Waals surface area contributed by atoms with E-state index in [1.165, 1.54) is 38.5 Å². The average Bonchev–Trinajstić information content (AvgIpc) is 2.23. The molecule has 17 heavy (non-hydrogen) atoms. The molecule has 4 aliphatic rings. The van der Waals surface area contributed by atoms with Gasteiger partial charge in [0.15, 0.2) is 0 Å². The minimum absolute atomic E-state index is 0.234. The van der Waals surface area contributed by atoms with Gasteiger partial charge >= 0.3 is 0 Å². The monoisotopic (exact) mass is 236 g/mol. The summed E-state index contributed by atoms with van der Waals surface area (Å²) in [4.78, 5) is 11.9. The number of nitrogens with one attached hydrogen (secondary N) is 1. The largest absolute Gasteiger partial charge is 0.355 e. The Labute approximate surface area is 104 Å². The summed E-state index contributed by atoms with van der Waals surface area (Å²) in [6.45, 7) is 1.18. The molecule has 0 aromatic rings. The maximum absolute atomic E-state index is 11.9. The third-order valence-electron chi connectivity index (χ3n) is 5.17. The Balaban J connectivity index is 1.64. The first-order chi connectivity index (χ1) is 8.19. The lowest BCUT2D eigenvalue weighted by Gasteiger charge is -2.56. The van der Waals surface area contributed by atoms with Crippen molar-refractivity contribution in [1.29, 1.82) is 0 Å². The van der Waals surface area contributed by atoms with Gasteiger partial charge in [-0.05, 0) is 61.7 Å². The van der Waals surface area contributed by atoms with Gasteiger partial charge in [-0.25, -0.2) is 0 Å². The molecule has 0 spiro atoms. The smallest absolute Gasteiger partial charge is 0.220 e. The lowest BCUT2D eigenvalue weighted by molar-refractivity contribution is -0.129. The molecule has 0 aliphatic heterocycles. The summed E-state index contributed by atoms with van der Waals surface area (Å²) in [6, 6.07) is 0. The molecule has 3 N–H and O–H groups in total. The van der Waals surface area contributed by atoms with Crippen molar-refractivity contribution >= 4 is 5.91 Å². The standard InChI is InChI=1S/C14H24N2O/c15-1-2-16-13(17)9-14-6-10-3-11(7-14)5-12(4-10)8-14/h10-12H,1-9,15H2,(H,16,17). The molecule has 3 nitrogen and oxygen atoms in total. The molecule has 0 atom stereocenters. The molecular weight excluding hydrogens is 212 g/mol. The molecular formula is C14H24N2O. The molecule has 96 valence electrons. The number of nitrogens with two attached hydrogens (primary N) is 1. The average molecular weight is 236 g/mol. The normalized spacial score (nSPS) is 42.8. The van der Waals surface area contributed by atoms with E-state index in [1.54, 1.807) is 0 Å². The van der Waals surface area contributed by atoms with Crippen LogP contribution in [0, 0.1) is 23.2 Å². The van der Waals surface area contributed by atoms with Crippen molar-refractivity contribution in [3.63, 3.8) is 0 Å². The van der Waals surface area contributed by atoms with E-state index < -0.39 is 0 Å². The van der Waals surface area contributed by atoms with Gasteiger partial charge in [0.25, 0.3) is 0 Å². The van der Waals surface area contributed by atoms with E-state index in [0.717, 1.165) is 24.2 Å². The molecule has 4 rings (SSSR count). The quantitative estimate of drug-likeness (QED) is 0.780. The van der Waals surface area contributed by atoms with Crippen LogP contribution in [-0.2, 0) is 4.79 Å². The van der Waals surface area contributed by atoms with Crippen LogP contribution in [-0.4, -0.2) is 19.0 Å². The first-order valence-corrected chi connectivity index (χ1v) is 7.16. The number of hydrogen-bond acceptors (Lipinski definition) is 2. The Hall–Kier alpha value is -0.570. The SMILES string of the molecule is NCCNC(=O)CC12CC3CC(CC(C3)C1)C2. The zero-order valence-electron chi connectivity index (χ0n) is 10.6. The third-order valence-corrected chi connectivity index (χ3v) is 5.17. The van der Waals surface area contributed by atoms with E-state index in [2.05, 4.69) is 5.32 Å². The number of amides is 1. The van der Waals surface area contributed by atoms with E-state index in [4.69, 9.17) is 5.73 Å². The fraction of sp³-hybridized carbons (Fsp3) is 0.929. The first-order valence-electron chi connectivity index (χ1n) is 7.16. The zero-order valence-corrected chi connectivity index (χ0v) is 10.6. The van der Waals surface area contributed by atoms with Crippen LogP contribution in [0.1, 0.15) is 44.9 Å². The summed E-state index contributed by atoms with van der Waals surface area (Å²) in [7, 11) is 0. The molecule has 4 aliphatic carbocycles. The Bertz CT molecular complexity index is 278. The molecule has 4 saturated carbocycles. The number of hydrogen-bond donors (Lipinski definition) is 2. The van der Waals surface area contributed by atoms with Crippen molar-refractivity contribution in [2.24, 2.45) is 28.9 Å². The number of carbonyl (C=O) groups excluding carboxylic acids is 1. The predicted octanol–water partition coefficient (Wildman–Crippen LogP) is 1.67. The van der Waals surface area contributed by atoms with Crippen LogP contribution < -0.4 is 11.1 Å². The lowest BCUT2D eigenvalue weighted by atomic mass is 9.49. The molecule has 0 saturated heterocycles. The summed E-state index contributed by atoms with van der Waals surface area (Å²) >= 11 is 0. The Morgan fingerprint density at radius 2 is 1.65 bits per heavy atom. The fourth-order valence-corrected chi connectivity index (χ4v) is 5.12. The summed E-state index contributed by atoms with van der Waals surface area (Å²) in [6.07, 6.45) is 9.05. The molecule has 0 aromatic heterocycles. The van der Waals surface area contributed by atoms with Gasteiger partial charge in [-0.2, -0.15) is 0 Å². The van der Waals surface area contributed by atoms with Gasteiger partial charge in [-0.15, -0.1) is 0 Å². The molecule has 3 heteroatoms. The number of carbonyl (C=O) groups is 1. The molecule has 0 aromatic carbocycles. The molecule has 0 heterocycles. The van der Waals surface area contributed by atoms with Gasteiger partial charge in [-0.1, -0.05) is 0 Å². The maximum atomic E-state index is 11.9. The second-order valence-electron chi connectivity index (χ2n) is 6.73. The van der Waals surface area contributed by atoms with Crippen LogP contribution in [0.15, 0.2) is 0 Å². The Morgan fingerprint density at radius 3 is 2.12 bits per heavy atom. The van der Waals surface area contributed by atoms with Crippen LogP contribution in [0.4, 0.5) is 0 Å². The number of rotatable bonds is 4. The lowest BCUT2D eigenvalue weighted by Crippen LogP contribution is -2.48. The van der Waals surface area contributed by atoms with Gasteiger partial charge in [0.1, 0.15) is 0 Å². The summed E-state index contributed by atoms with van der Waals surface area (Å²) < 4.78 is 0. The van der Waals surface area contributed by atoms with E-state index in [9.17, 15) is 4.79 Å². The van der Waals surface area contributed by atoms with Gasteiger partial charge < -0.3 is 11.1 Å². The van der Waals surface area contributed by atoms with Crippen molar-refractivity contribution in [3.8, 4) is 0 Å². The molecule has 4 bridgehead atoms. The highest BCUT2D eigenvalue weighted by atomic mass is 16.1. The van der Waals surface area contributed by atoms with Gasteiger partial charge in [0, 0.05) is 19.5 Å². The van der Waals surface area contributed by atoms with E-state index >= 15 is 0 Å². The van der Waals surface area contributed by atoms with Gasteiger partial charge in [0.05, 0.1) is 0 Å². The second-order valence-corrected chi connectivity index (χ2v) is 6.73. The predicted molar refractivity (Wildman–Crippen MR) is 67.3 cm³/mol. The van der Waals surface area contributed by atoms with Gasteiger partial charge in [-0.3, -0.25) is 4.79 Å². The summed E-state index contributed by atoms with van der Waals surface area (Å²) in [5, 5.41) is 2.94. The van der Waals surface area contributed by atoms with Crippen LogP contribution in [0.5, 0.6) is 0 Å². The van der Waals surface area contributed by atoms with Crippen molar-refractivity contribution < 1.29 is 4.79 Å². The van der Waals surface area contributed by atoms with Crippen molar-refractivity contribution in [3.05, 3.63) is 0 Å². The molecule has 0 unspecified atom stereocenters. The topological polar surface area (TPSA) is 55.1 Å². The summed E-state index contributed by atoms with van der Waals surface area (Å²) in [5.74, 6) is 3.04. The van der Waals surface area contributed by atoms with Crippen LogP contribution in [0.2, 0.25) is 0 Å². The van der Waals surface area contributed by atoms with Crippen LogP contribution >= 0.6 is 0 Å². The highest BCUT2D eigenvalue weighted by molar-refractivity contribution is 5.76. The minimum atomic E-state index is 0.234. The molecule has 0 radical (unpaired) electrons. The van der Waals surface area contributed by atoms with Gasteiger partial charge in [0.2, 0.25) is 5.91 Å². The van der Waals surface area contributed by atoms with E-state index in [-0.39, 0.29) is 5.91 Å². The first kappa shape index (κ1) is 11.5.